The Morgan fingerprint density at radius 1 is 1.19 bits per heavy atom. The van der Waals surface area contributed by atoms with Gasteiger partial charge in [0.1, 0.15) is 17.3 Å². The van der Waals surface area contributed by atoms with Gasteiger partial charge in [0.15, 0.2) is 0 Å². The molecule has 2 N–H and O–H groups in total. The summed E-state index contributed by atoms with van der Waals surface area (Å²) in [6, 6.07) is 10.6. The largest absolute Gasteiger partial charge is 0.496 e. The van der Waals surface area contributed by atoms with Crippen LogP contribution in [0.15, 0.2) is 24.3 Å². The summed E-state index contributed by atoms with van der Waals surface area (Å²) in [5.41, 5.74) is 9.36. The maximum Gasteiger partial charge on any atom is 0.268 e. The number of pyridine rings is 1. The summed E-state index contributed by atoms with van der Waals surface area (Å²) < 4.78 is 5.42. The first kappa shape index (κ1) is 19.2. The molecule has 3 rings (SSSR count). The number of hydrogen-bond acceptors (Lipinski definition) is 5. The lowest BCUT2D eigenvalue weighted by molar-refractivity contribution is 0.0995. The third-order valence-electron chi connectivity index (χ3n) is 5.29. The third-order valence-corrected chi connectivity index (χ3v) is 5.29. The van der Waals surface area contributed by atoms with Gasteiger partial charge in [0, 0.05) is 38.8 Å². The number of amides is 1. The van der Waals surface area contributed by atoms with E-state index in [1.807, 2.05) is 6.07 Å². The number of nitrogens with two attached hydrogens (primary N) is 1. The molecule has 0 saturated carbocycles. The Hall–Kier alpha value is -2.60. The van der Waals surface area contributed by atoms with Crippen LogP contribution >= 0.6 is 0 Å². The molecular formula is C21H27N4O2. The number of rotatable bonds is 5. The highest BCUT2D eigenvalue weighted by molar-refractivity contribution is 5.90. The van der Waals surface area contributed by atoms with E-state index in [1.165, 1.54) is 16.7 Å². The Labute approximate surface area is 160 Å². The summed E-state index contributed by atoms with van der Waals surface area (Å²) in [6.07, 6.45) is 1.04. The highest BCUT2D eigenvalue weighted by Gasteiger charge is 2.18. The summed E-state index contributed by atoms with van der Waals surface area (Å²) in [4.78, 5) is 20.4. The monoisotopic (exact) mass is 367 g/mol. The van der Waals surface area contributed by atoms with Crippen LogP contribution < -0.4 is 15.4 Å². The standard InChI is InChI=1S/C21H27N4O2/c1-15-16(2)19(27-3)9-8-17(15)14-24-10-5-11-25(13-12-24)20-7-4-6-18(23-20)21(22)26/h4,7-9H,5,10-14H2,1-3H3,(H2,22,26). The van der Waals surface area contributed by atoms with Gasteiger partial charge in [-0.3, -0.25) is 9.69 Å². The SMILES string of the molecule is COc1ccc(CN2CCCN(c3cc[c]c(C(N)=O)n3)CC2)c(C)c1C. The number of ether oxygens (including phenoxy) is 1. The van der Waals surface area contributed by atoms with E-state index in [4.69, 9.17) is 10.5 Å². The molecule has 1 saturated heterocycles. The lowest BCUT2D eigenvalue weighted by atomic mass is 10.0. The second-order valence-electron chi connectivity index (χ2n) is 6.95. The van der Waals surface area contributed by atoms with Gasteiger partial charge in [-0.2, -0.15) is 0 Å². The van der Waals surface area contributed by atoms with Crippen LogP contribution in [0.4, 0.5) is 5.82 Å². The third kappa shape index (κ3) is 4.39. The molecule has 0 unspecified atom stereocenters. The van der Waals surface area contributed by atoms with Gasteiger partial charge in [0.25, 0.3) is 5.91 Å². The molecule has 0 bridgehead atoms. The van der Waals surface area contributed by atoms with E-state index in [0.29, 0.717) is 0 Å². The summed E-state index contributed by atoms with van der Waals surface area (Å²) >= 11 is 0. The Kier molecular flexibility index (Phi) is 5.96. The predicted molar refractivity (Wildman–Crippen MR) is 106 cm³/mol. The Morgan fingerprint density at radius 2 is 2.00 bits per heavy atom. The number of aromatic nitrogens is 1. The number of anilines is 1. The first-order valence-corrected chi connectivity index (χ1v) is 9.28. The van der Waals surface area contributed by atoms with Gasteiger partial charge < -0.3 is 15.4 Å². The Bertz CT molecular complexity index is 822. The number of benzene rings is 1. The maximum absolute atomic E-state index is 11.4. The van der Waals surface area contributed by atoms with Crippen molar-refractivity contribution in [1.82, 2.24) is 9.88 Å². The molecule has 2 aromatic rings. The molecule has 1 fully saturated rings. The van der Waals surface area contributed by atoms with Crippen molar-refractivity contribution < 1.29 is 9.53 Å². The van der Waals surface area contributed by atoms with E-state index >= 15 is 0 Å². The number of carbonyl (C=O) groups is 1. The van der Waals surface area contributed by atoms with E-state index < -0.39 is 5.91 Å². The van der Waals surface area contributed by atoms with Crippen molar-refractivity contribution in [2.45, 2.75) is 26.8 Å². The topological polar surface area (TPSA) is 71.7 Å². The fourth-order valence-electron chi connectivity index (χ4n) is 3.52. The summed E-state index contributed by atoms with van der Waals surface area (Å²) in [5, 5.41) is 0. The lowest BCUT2D eigenvalue weighted by Gasteiger charge is -2.24. The minimum Gasteiger partial charge on any atom is -0.496 e. The van der Waals surface area contributed by atoms with Crippen LogP contribution in [0.5, 0.6) is 5.75 Å². The predicted octanol–water partition coefficient (Wildman–Crippen LogP) is 2.32. The average molecular weight is 367 g/mol. The minimum absolute atomic E-state index is 0.193. The van der Waals surface area contributed by atoms with Gasteiger partial charge in [0.2, 0.25) is 0 Å². The molecule has 1 aliphatic rings. The van der Waals surface area contributed by atoms with Crippen LogP contribution in [0.1, 0.15) is 33.6 Å². The van der Waals surface area contributed by atoms with Gasteiger partial charge in [-0.15, -0.1) is 0 Å². The lowest BCUT2D eigenvalue weighted by Crippen LogP contribution is -2.31. The van der Waals surface area contributed by atoms with Crippen molar-refractivity contribution in [3.8, 4) is 5.75 Å². The molecule has 1 aromatic heterocycles. The van der Waals surface area contributed by atoms with Crippen molar-refractivity contribution in [2.24, 2.45) is 5.73 Å². The summed E-state index contributed by atoms with van der Waals surface area (Å²) in [5.74, 6) is 1.19. The number of carbonyl (C=O) groups excluding carboxylic acids is 1. The smallest absolute Gasteiger partial charge is 0.268 e. The fraction of sp³-hybridized carbons (Fsp3) is 0.429. The molecule has 0 aliphatic carbocycles. The van der Waals surface area contributed by atoms with E-state index in [0.717, 1.165) is 50.7 Å². The zero-order valence-corrected chi connectivity index (χ0v) is 16.3. The molecule has 1 aliphatic heterocycles. The van der Waals surface area contributed by atoms with Crippen molar-refractivity contribution >= 4 is 11.7 Å². The quantitative estimate of drug-likeness (QED) is 0.878. The zero-order valence-electron chi connectivity index (χ0n) is 16.3. The highest BCUT2D eigenvalue weighted by atomic mass is 16.5. The molecule has 0 atom stereocenters. The normalized spacial score (nSPS) is 15.4. The number of nitrogens with zero attached hydrogens (tertiary/aromatic N) is 3. The summed E-state index contributed by atoms with van der Waals surface area (Å²) in [6.45, 7) is 8.94. The first-order chi connectivity index (χ1) is 13.0. The van der Waals surface area contributed by atoms with Crippen LogP contribution in [-0.4, -0.2) is 49.1 Å². The molecule has 0 spiro atoms. The van der Waals surface area contributed by atoms with Gasteiger partial charge in [-0.05, 0) is 55.2 Å². The second kappa shape index (κ2) is 8.39. The van der Waals surface area contributed by atoms with E-state index in [9.17, 15) is 4.79 Å². The molecule has 1 radical (unpaired) electrons. The van der Waals surface area contributed by atoms with Gasteiger partial charge in [0.05, 0.1) is 7.11 Å². The van der Waals surface area contributed by atoms with Crippen molar-refractivity contribution in [1.29, 1.82) is 0 Å². The Balaban J connectivity index is 1.68. The van der Waals surface area contributed by atoms with Gasteiger partial charge in [-0.25, -0.2) is 4.98 Å². The van der Waals surface area contributed by atoms with Crippen molar-refractivity contribution in [3.05, 3.63) is 52.7 Å². The molecular weight excluding hydrogens is 340 g/mol. The zero-order chi connectivity index (χ0) is 19.4. The van der Waals surface area contributed by atoms with Crippen LogP contribution in [0, 0.1) is 19.9 Å². The number of hydrogen-bond donors (Lipinski definition) is 1. The van der Waals surface area contributed by atoms with E-state index in [2.05, 4.69) is 46.8 Å². The first-order valence-electron chi connectivity index (χ1n) is 9.28. The summed E-state index contributed by atoms with van der Waals surface area (Å²) in [7, 11) is 1.71. The van der Waals surface area contributed by atoms with Gasteiger partial charge >= 0.3 is 0 Å². The van der Waals surface area contributed by atoms with Crippen LogP contribution in [0.2, 0.25) is 0 Å². The molecule has 27 heavy (non-hydrogen) atoms. The van der Waals surface area contributed by atoms with Crippen LogP contribution in [-0.2, 0) is 6.54 Å². The molecule has 6 nitrogen and oxygen atoms in total. The highest BCUT2D eigenvalue weighted by Crippen LogP contribution is 2.25. The van der Waals surface area contributed by atoms with E-state index in [1.54, 1.807) is 13.2 Å². The molecule has 2 heterocycles. The van der Waals surface area contributed by atoms with E-state index in [-0.39, 0.29) is 5.69 Å². The molecule has 1 amide bonds. The number of methoxy groups -OCH3 is 1. The van der Waals surface area contributed by atoms with Crippen molar-refractivity contribution in [3.63, 3.8) is 0 Å². The minimum atomic E-state index is -0.543. The molecule has 6 heteroatoms. The number of primary amides is 1. The second-order valence-corrected chi connectivity index (χ2v) is 6.95. The van der Waals surface area contributed by atoms with Crippen molar-refractivity contribution in [2.75, 3.05) is 38.2 Å². The molecule has 1 aromatic carbocycles. The maximum atomic E-state index is 11.4. The average Bonchev–Trinajstić information content (AvgIpc) is 2.91. The Morgan fingerprint density at radius 3 is 2.74 bits per heavy atom. The van der Waals surface area contributed by atoms with Crippen LogP contribution in [0.25, 0.3) is 0 Å². The van der Waals surface area contributed by atoms with Crippen LogP contribution in [0.3, 0.4) is 0 Å². The fourth-order valence-corrected chi connectivity index (χ4v) is 3.52. The molecule has 143 valence electrons. The van der Waals surface area contributed by atoms with Gasteiger partial charge in [-0.1, -0.05) is 6.07 Å².